The van der Waals surface area contributed by atoms with Gasteiger partial charge < -0.3 is 15.4 Å². The lowest BCUT2D eigenvalue weighted by atomic mass is 9.87. The molecule has 0 fully saturated rings. The Labute approximate surface area is 218 Å². The maximum atomic E-state index is 12.7. The maximum Gasteiger partial charge on any atom is 0.303 e. The third-order valence-electron chi connectivity index (χ3n) is 6.22. The fourth-order valence-corrected chi connectivity index (χ4v) is 4.31. The van der Waals surface area contributed by atoms with Crippen LogP contribution < -0.4 is 16.0 Å². The number of carboxylic acid groups (broad SMARTS) is 1. The number of carbonyl (C=O) groups excluding carboxylic acids is 1. The van der Waals surface area contributed by atoms with Crippen molar-refractivity contribution < 1.29 is 14.7 Å². The van der Waals surface area contributed by atoms with Crippen molar-refractivity contribution in [3.05, 3.63) is 82.0 Å². The number of hydrogen-bond donors (Lipinski definition) is 3. The van der Waals surface area contributed by atoms with Crippen LogP contribution in [-0.2, 0) is 21.4 Å². The molecule has 1 aromatic heterocycles. The number of allylic oxidation sites excluding steroid dienone is 1. The number of benzene rings is 2. The van der Waals surface area contributed by atoms with E-state index in [1.807, 2.05) is 68.5 Å². The molecule has 0 atom stereocenters. The second kappa shape index (κ2) is 11.9. The quantitative estimate of drug-likeness (QED) is 0.354. The molecular weight excluding hydrogens is 462 g/mol. The van der Waals surface area contributed by atoms with E-state index in [0.29, 0.717) is 18.2 Å². The Kier molecular flexibility index (Phi) is 8.87. The molecule has 0 aliphatic heterocycles. The normalized spacial score (nSPS) is 12.6. The van der Waals surface area contributed by atoms with E-state index in [1.54, 1.807) is 0 Å². The molecule has 3 rings (SSSR count). The van der Waals surface area contributed by atoms with E-state index in [0.717, 1.165) is 39.1 Å². The summed E-state index contributed by atoms with van der Waals surface area (Å²) in [6.07, 6.45) is 7.09. The van der Waals surface area contributed by atoms with Gasteiger partial charge in [0.1, 0.15) is 5.82 Å². The molecule has 0 radical (unpaired) electrons. The number of anilines is 1. The van der Waals surface area contributed by atoms with Gasteiger partial charge in [-0.3, -0.25) is 9.59 Å². The minimum absolute atomic E-state index is 0.0574. The first-order valence-corrected chi connectivity index (χ1v) is 12.6. The molecule has 6 nitrogen and oxygen atoms in total. The lowest BCUT2D eigenvalue weighted by Gasteiger charge is -2.19. The number of aryl methyl sites for hydroxylation is 3. The molecule has 1 heterocycles. The topological polar surface area (TPSA) is 95.1 Å². The third kappa shape index (κ3) is 7.53. The van der Waals surface area contributed by atoms with Crippen molar-refractivity contribution in [2.24, 2.45) is 0 Å². The first-order valence-electron chi connectivity index (χ1n) is 12.6. The third-order valence-corrected chi connectivity index (χ3v) is 6.22. The van der Waals surface area contributed by atoms with Crippen molar-refractivity contribution in [2.45, 2.75) is 65.7 Å². The van der Waals surface area contributed by atoms with Crippen molar-refractivity contribution in [2.75, 3.05) is 5.32 Å². The molecule has 1 amide bonds. The number of imidazole rings is 1. The monoisotopic (exact) mass is 499 g/mol. The number of aliphatic carboxylic acids is 1. The lowest BCUT2D eigenvalue weighted by molar-refractivity contribution is -0.137. The molecule has 0 aliphatic rings. The molecule has 0 saturated carbocycles. The van der Waals surface area contributed by atoms with Crippen molar-refractivity contribution in [3.63, 3.8) is 0 Å². The van der Waals surface area contributed by atoms with E-state index >= 15 is 0 Å². The van der Waals surface area contributed by atoms with Crippen molar-refractivity contribution >= 4 is 29.7 Å². The number of carbonyl (C=O) groups is 2. The molecule has 0 spiro atoms. The highest BCUT2D eigenvalue weighted by Gasteiger charge is 2.14. The number of carboxylic acids is 1. The summed E-state index contributed by atoms with van der Waals surface area (Å²) in [5, 5.41) is 13.5. The number of amides is 1. The zero-order valence-electron chi connectivity index (χ0n) is 22.4. The van der Waals surface area contributed by atoms with Gasteiger partial charge in [0.25, 0.3) is 0 Å². The molecule has 0 bridgehead atoms. The average Bonchev–Trinajstić information content (AvgIpc) is 3.21. The smallest absolute Gasteiger partial charge is 0.303 e. The van der Waals surface area contributed by atoms with Crippen molar-refractivity contribution in [1.29, 1.82) is 0 Å². The van der Waals surface area contributed by atoms with Crippen LogP contribution in [-0.4, -0.2) is 27.0 Å². The van der Waals surface area contributed by atoms with E-state index in [-0.39, 0.29) is 24.2 Å². The summed E-state index contributed by atoms with van der Waals surface area (Å²) in [5.74, 6) is -0.198. The summed E-state index contributed by atoms with van der Waals surface area (Å²) in [4.78, 5) is 31.9. The summed E-state index contributed by atoms with van der Waals surface area (Å²) < 4.78 is 0. The van der Waals surface area contributed by atoms with Crippen LogP contribution in [0.15, 0.2) is 49.1 Å². The van der Waals surface area contributed by atoms with E-state index in [9.17, 15) is 9.59 Å². The van der Waals surface area contributed by atoms with Crippen LogP contribution in [0.25, 0.3) is 23.5 Å². The van der Waals surface area contributed by atoms with Crippen LogP contribution in [0, 0.1) is 13.8 Å². The van der Waals surface area contributed by atoms with E-state index in [2.05, 4.69) is 37.7 Å². The van der Waals surface area contributed by atoms with Gasteiger partial charge in [-0.1, -0.05) is 57.2 Å². The summed E-state index contributed by atoms with van der Waals surface area (Å²) in [7, 11) is 0. The second-order valence-electron chi connectivity index (χ2n) is 10.4. The van der Waals surface area contributed by atoms with Gasteiger partial charge >= 0.3 is 5.97 Å². The zero-order chi connectivity index (χ0) is 27.2. The van der Waals surface area contributed by atoms with E-state index < -0.39 is 5.97 Å². The van der Waals surface area contributed by atoms with Crippen LogP contribution in [0.5, 0.6) is 0 Å². The van der Waals surface area contributed by atoms with Gasteiger partial charge in [-0.25, -0.2) is 4.98 Å². The summed E-state index contributed by atoms with van der Waals surface area (Å²) >= 11 is 0. The molecule has 0 saturated heterocycles. The molecule has 2 aromatic carbocycles. The summed E-state index contributed by atoms with van der Waals surface area (Å²) in [5.41, 5.74) is 6.05. The number of aromatic amines is 1. The number of rotatable bonds is 9. The Hall–Kier alpha value is -3.93. The van der Waals surface area contributed by atoms with Gasteiger partial charge in [0, 0.05) is 24.1 Å². The molecule has 3 N–H and O–H groups in total. The first-order chi connectivity index (χ1) is 17.5. The Bertz CT molecular complexity index is 1380. The SMILES string of the molecule is C=CC/C=c1/[nH]c(-c2c(C)cc(CCC(=O)O)cc2C)n/c1=C/CC(=O)Nc1ccc(C(C)(C)C)cc1. The highest BCUT2D eigenvalue weighted by molar-refractivity contribution is 5.93. The zero-order valence-corrected chi connectivity index (χ0v) is 22.4. The predicted molar refractivity (Wildman–Crippen MR) is 151 cm³/mol. The van der Waals surface area contributed by atoms with Crippen LogP contribution in [0.1, 0.15) is 62.3 Å². The predicted octanol–water partition coefficient (Wildman–Crippen LogP) is 5.17. The van der Waals surface area contributed by atoms with E-state index in [1.165, 1.54) is 5.56 Å². The summed E-state index contributed by atoms with van der Waals surface area (Å²) in [6.45, 7) is 14.3. The van der Waals surface area contributed by atoms with Crippen molar-refractivity contribution in [1.82, 2.24) is 9.97 Å². The standard InChI is InChI=1S/C31H37N3O3/c1-7-8-9-25-26(15-16-27(35)32-24-13-11-23(12-14-24)31(4,5)6)34-30(33-25)29-20(2)18-22(19-21(29)3)10-17-28(36)37/h7,9,11-15,18-19H,1,8,10,16-17H2,2-6H3,(H,32,35)(H,33,34)(H,36,37)/b25-9+,26-15+. The number of nitrogens with zero attached hydrogens (tertiary/aromatic N) is 1. The Morgan fingerprint density at radius 2 is 1.73 bits per heavy atom. The molecule has 6 heteroatoms. The summed E-state index contributed by atoms with van der Waals surface area (Å²) in [6, 6.07) is 12.0. The van der Waals surface area contributed by atoms with E-state index in [4.69, 9.17) is 10.1 Å². The maximum absolute atomic E-state index is 12.7. The Morgan fingerprint density at radius 1 is 1.08 bits per heavy atom. The van der Waals surface area contributed by atoms with Gasteiger partial charge in [0.15, 0.2) is 0 Å². The highest BCUT2D eigenvalue weighted by Crippen LogP contribution is 2.26. The van der Waals surface area contributed by atoms with Crippen molar-refractivity contribution in [3.8, 4) is 11.4 Å². The van der Waals surface area contributed by atoms with Gasteiger partial charge in [0.05, 0.1) is 10.7 Å². The Morgan fingerprint density at radius 3 is 2.30 bits per heavy atom. The number of nitrogens with one attached hydrogen (secondary N) is 2. The molecule has 194 valence electrons. The Balaban J connectivity index is 1.86. The van der Waals surface area contributed by atoms with Crippen LogP contribution in [0.3, 0.4) is 0 Å². The number of aromatic nitrogens is 2. The first kappa shape index (κ1) is 27.7. The van der Waals surface area contributed by atoms with Gasteiger partial charge in [-0.05, 0) is 72.6 Å². The molecule has 37 heavy (non-hydrogen) atoms. The second-order valence-corrected chi connectivity index (χ2v) is 10.4. The van der Waals surface area contributed by atoms with Crippen LogP contribution in [0.2, 0.25) is 0 Å². The fourth-order valence-electron chi connectivity index (χ4n) is 4.31. The van der Waals surface area contributed by atoms with Crippen LogP contribution >= 0.6 is 0 Å². The number of hydrogen-bond acceptors (Lipinski definition) is 3. The number of H-pyrrole nitrogens is 1. The fraction of sp³-hybridized carbons (Fsp3) is 0.323. The highest BCUT2D eigenvalue weighted by atomic mass is 16.4. The molecule has 0 aliphatic carbocycles. The van der Waals surface area contributed by atoms with Gasteiger partial charge in [0.2, 0.25) is 5.91 Å². The van der Waals surface area contributed by atoms with Gasteiger partial charge in [-0.2, -0.15) is 0 Å². The minimum atomic E-state index is -0.807. The van der Waals surface area contributed by atoms with Gasteiger partial charge in [-0.15, -0.1) is 6.58 Å². The lowest BCUT2D eigenvalue weighted by Crippen LogP contribution is -2.25. The van der Waals surface area contributed by atoms with Crippen LogP contribution in [0.4, 0.5) is 5.69 Å². The molecular formula is C31H37N3O3. The minimum Gasteiger partial charge on any atom is -0.481 e. The average molecular weight is 500 g/mol. The largest absolute Gasteiger partial charge is 0.481 e. The molecule has 3 aromatic rings. The molecule has 0 unspecified atom stereocenters.